The molecule has 1 aliphatic rings. The fraction of sp³-hybridized carbons (Fsp3) is 0.944. The molecule has 0 amide bonds. The van der Waals surface area contributed by atoms with E-state index in [1.54, 1.807) is 0 Å². The van der Waals surface area contributed by atoms with Crippen LogP contribution in [0.15, 0.2) is 0 Å². The maximum atomic E-state index is 8.44. The molecule has 0 radical (unpaired) electrons. The summed E-state index contributed by atoms with van der Waals surface area (Å²) in [6, 6.07) is 2.21. The highest BCUT2D eigenvalue weighted by atomic mass is 16.6. The largest absolute Gasteiger partial charge is 0.370 e. The van der Waals surface area contributed by atoms with Gasteiger partial charge in [0.05, 0.1) is 18.3 Å². The van der Waals surface area contributed by atoms with Crippen molar-refractivity contribution in [1.82, 2.24) is 0 Å². The van der Waals surface area contributed by atoms with Gasteiger partial charge in [0.15, 0.2) is 0 Å². The molecular formula is C18H33NO. The molecule has 0 bridgehead atoms. The standard InChI is InChI=1S/C18H33NO/c1-2-3-4-5-8-11-14-17-18(20-17)15-12-9-6-7-10-13-16-19/h17-18H,2-15H2,1H3. The number of nitrogens with zero attached hydrogens (tertiary/aromatic N) is 1. The van der Waals surface area contributed by atoms with Gasteiger partial charge in [-0.2, -0.15) is 5.26 Å². The lowest BCUT2D eigenvalue weighted by Gasteiger charge is -1.99. The fourth-order valence-electron chi connectivity index (χ4n) is 2.89. The van der Waals surface area contributed by atoms with Crippen molar-refractivity contribution >= 4 is 0 Å². The monoisotopic (exact) mass is 279 g/mol. The van der Waals surface area contributed by atoms with Crippen LogP contribution in [0.5, 0.6) is 0 Å². The zero-order valence-corrected chi connectivity index (χ0v) is 13.4. The van der Waals surface area contributed by atoms with Gasteiger partial charge in [0.25, 0.3) is 0 Å². The van der Waals surface area contributed by atoms with Crippen LogP contribution in [-0.2, 0) is 4.74 Å². The summed E-state index contributed by atoms with van der Waals surface area (Å²) in [5, 5.41) is 8.44. The predicted octanol–water partition coefficient (Wildman–Crippen LogP) is 5.76. The average molecular weight is 279 g/mol. The van der Waals surface area contributed by atoms with Gasteiger partial charge in [-0.1, -0.05) is 71.1 Å². The lowest BCUT2D eigenvalue weighted by atomic mass is 10.0. The first kappa shape index (κ1) is 17.5. The normalized spacial score (nSPS) is 20.8. The highest BCUT2D eigenvalue weighted by Gasteiger charge is 2.36. The summed E-state index contributed by atoms with van der Waals surface area (Å²) >= 11 is 0. The van der Waals surface area contributed by atoms with Crippen molar-refractivity contribution in [3.8, 4) is 6.07 Å². The third-order valence-corrected chi connectivity index (χ3v) is 4.31. The first-order chi connectivity index (χ1) is 9.88. The SMILES string of the molecule is CCCCCCCCC1OC1CCCCCCCC#N. The zero-order chi connectivity index (χ0) is 14.5. The fourth-order valence-corrected chi connectivity index (χ4v) is 2.89. The van der Waals surface area contributed by atoms with Gasteiger partial charge >= 0.3 is 0 Å². The highest BCUT2D eigenvalue weighted by Crippen LogP contribution is 2.31. The van der Waals surface area contributed by atoms with Crippen LogP contribution in [0, 0.1) is 11.3 Å². The Labute approximate surface area is 125 Å². The lowest BCUT2D eigenvalue weighted by Crippen LogP contribution is -1.94. The Morgan fingerprint density at radius 3 is 1.80 bits per heavy atom. The van der Waals surface area contributed by atoms with Crippen molar-refractivity contribution in [2.45, 2.75) is 109 Å². The third kappa shape index (κ3) is 9.37. The molecule has 1 rings (SSSR count). The Bertz CT molecular complexity index is 259. The van der Waals surface area contributed by atoms with Crippen molar-refractivity contribution in [3.05, 3.63) is 0 Å². The zero-order valence-electron chi connectivity index (χ0n) is 13.4. The summed E-state index contributed by atoms with van der Waals surface area (Å²) in [4.78, 5) is 0. The minimum atomic E-state index is 0.588. The van der Waals surface area contributed by atoms with Gasteiger partial charge in [0, 0.05) is 6.42 Å². The molecule has 116 valence electrons. The molecule has 1 saturated heterocycles. The Hall–Kier alpha value is -0.550. The second kappa shape index (κ2) is 12.2. The Kier molecular flexibility index (Phi) is 10.7. The summed E-state index contributed by atoms with van der Waals surface area (Å²) in [7, 11) is 0. The van der Waals surface area contributed by atoms with Crippen LogP contribution in [-0.4, -0.2) is 12.2 Å². The molecule has 0 saturated carbocycles. The molecule has 0 aliphatic carbocycles. The number of epoxide rings is 1. The van der Waals surface area contributed by atoms with Crippen LogP contribution < -0.4 is 0 Å². The van der Waals surface area contributed by atoms with Gasteiger partial charge in [-0.25, -0.2) is 0 Å². The number of ether oxygens (including phenoxy) is 1. The van der Waals surface area contributed by atoms with E-state index in [1.807, 2.05) is 0 Å². The van der Waals surface area contributed by atoms with E-state index in [-0.39, 0.29) is 0 Å². The van der Waals surface area contributed by atoms with Crippen molar-refractivity contribution in [2.75, 3.05) is 0 Å². The van der Waals surface area contributed by atoms with Gasteiger partial charge < -0.3 is 4.74 Å². The maximum absolute atomic E-state index is 8.44. The van der Waals surface area contributed by atoms with Crippen LogP contribution in [0.2, 0.25) is 0 Å². The molecular weight excluding hydrogens is 246 g/mol. The van der Waals surface area contributed by atoms with Gasteiger partial charge in [-0.05, 0) is 19.3 Å². The first-order valence-electron chi connectivity index (χ1n) is 8.91. The van der Waals surface area contributed by atoms with E-state index in [4.69, 9.17) is 10.00 Å². The molecule has 1 heterocycles. The summed E-state index contributed by atoms with van der Waals surface area (Å²) in [5.74, 6) is 0. The number of hydrogen-bond acceptors (Lipinski definition) is 2. The molecule has 2 heteroatoms. The molecule has 0 N–H and O–H groups in total. The van der Waals surface area contributed by atoms with E-state index in [1.165, 1.54) is 77.0 Å². The predicted molar refractivity (Wildman–Crippen MR) is 84.6 cm³/mol. The molecule has 2 unspecified atom stereocenters. The summed E-state index contributed by atoms with van der Waals surface area (Å²) < 4.78 is 5.75. The van der Waals surface area contributed by atoms with Crippen LogP contribution in [0.1, 0.15) is 96.8 Å². The summed E-state index contributed by atoms with van der Waals surface area (Å²) in [6.45, 7) is 2.27. The number of rotatable bonds is 14. The quantitative estimate of drug-likeness (QED) is 0.299. The molecule has 0 spiro atoms. The third-order valence-electron chi connectivity index (χ3n) is 4.31. The molecule has 0 aromatic heterocycles. The molecule has 2 atom stereocenters. The topological polar surface area (TPSA) is 36.3 Å². The van der Waals surface area contributed by atoms with E-state index < -0.39 is 0 Å². The van der Waals surface area contributed by atoms with Crippen LogP contribution in [0.25, 0.3) is 0 Å². The average Bonchev–Trinajstić information content (AvgIpc) is 3.20. The van der Waals surface area contributed by atoms with Crippen LogP contribution in [0.3, 0.4) is 0 Å². The molecule has 0 aromatic rings. The van der Waals surface area contributed by atoms with Crippen LogP contribution >= 0.6 is 0 Å². The minimum Gasteiger partial charge on any atom is -0.370 e. The minimum absolute atomic E-state index is 0.588. The molecule has 0 aromatic carbocycles. The van der Waals surface area contributed by atoms with Crippen molar-refractivity contribution in [3.63, 3.8) is 0 Å². The molecule has 20 heavy (non-hydrogen) atoms. The van der Waals surface area contributed by atoms with Gasteiger partial charge in [-0.15, -0.1) is 0 Å². The van der Waals surface area contributed by atoms with Crippen LogP contribution in [0.4, 0.5) is 0 Å². The first-order valence-corrected chi connectivity index (χ1v) is 8.91. The second-order valence-electron chi connectivity index (χ2n) is 6.23. The Morgan fingerprint density at radius 2 is 1.25 bits per heavy atom. The van der Waals surface area contributed by atoms with Gasteiger partial charge in [0.2, 0.25) is 0 Å². The summed E-state index contributed by atoms with van der Waals surface area (Å²) in [6.07, 6.45) is 19.0. The number of nitriles is 1. The molecule has 1 aliphatic heterocycles. The number of unbranched alkanes of at least 4 members (excludes halogenated alkanes) is 10. The van der Waals surface area contributed by atoms with E-state index in [9.17, 15) is 0 Å². The molecule has 1 fully saturated rings. The van der Waals surface area contributed by atoms with Crippen molar-refractivity contribution < 1.29 is 4.74 Å². The Morgan fingerprint density at radius 1 is 0.750 bits per heavy atom. The van der Waals surface area contributed by atoms with E-state index in [2.05, 4.69) is 13.0 Å². The van der Waals surface area contributed by atoms with E-state index in [0.717, 1.165) is 12.8 Å². The second-order valence-corrected chi connectivity index (χ2v) is 6.23. The van der Waals surface area contributed by atoms with Gasteiger partial charge in [0.1, 0.15) is 0 Å². The lowest BCUT2D eigenvalue weighted by molar-refractivity contribution is 0.347. The van der Waals surface area contributed by atoms with Gasteiger partial charge in [-0.3, -0.25) is 0 Å². The van der Waals surface area contributed by atoms with E-state index >= 15 is 0 Å². The van der Waals surface area contributed by atoms with E-state index in [0.29, 0.717) is 12.2 Å². The number of hydrogen-bond donors (Lipinski definition) is 0. The Balaban J connectivity index is 1.76. The van der Waals surface area contributed by atoms with Crippen molar-refractivity contribution in [1.29, 1.82) is 5.26 Å². The summed E-state index contributed by atoms with van der Waals surface area (Å²) in [5.41, 5.74) is 0. The van der Waals surface area contributed by atoms with Crippen molar-refractivity contribution in [2.24, 2.45) is 0 Å². The highest BCUT2D eigenvalue weighted by molar-refractivity contribution is 4.84. The maximum Gasteiger partial charge on any atom is 0.0841 e. The smallest absolute Gasteiger partial charge is 0.0841 e. The molecule has 2 nitrogen and oxygen atoms in total.